The molecular weight excluding hydrogens is 354 g/mol. The van der Waals surface area contributed by atoms with E-state index < -0.39 is 10.0 Å². The van der Waals surface area contributed by atoms with Gasteiger partial charge in [-0.3, -0.25) is 4.72 Å². The molecule has 0 heterocycles. The van der Waals surface area contributed by atoms with E-state index in [1.807, 2.05) is 19.1 Å². The molecule has 0 unspecified atom stereocenters. The van der Waals surface area contributed by atoms with Crippen LogP contribution in [0.1, 0.15) is 18.1 Å². The number of aryl methyl sites for hydroxylation is 1. The second-order valence-corrected chi connectivity index (χ2v) is 7.09. The molecule has 0 saturated heterocycles. The Morgan fingerprint density at radius 3 is 2.57 bits per heavy atom. The second-order valence-electron chi connectivity index (χ2n) is 4.58. The van der Waals surface area contributed by atoms with E-state index in [0.29, 0.717) is 15.7 Å². The van der Waals surface area contributed by atoms with E-state index in [0.717, 1.165) is 12.0 Å². The minimum atomic E-state index is -3.71. The van der Waals surface area contributed by atoms with Gasteiger partial charge in [-0.25, -0.2) is 8.42 Å². The first-order valence-corrected chi connectivity index (χ1v) is 8.75. The Kier molecular flexibility index (Phi) is 5.03. The number of anilines is 1. The maximum Gasteiger partial charge on any atom is 0.263 e. The fourth-order valence-electron chi connectivity index (χ4n) is 1.92. The molecule has 0 atom stereocenters. The fourth-order valence-corrected chi connectivity index (χ4v) is 3.98. The summed E-state index contributed by atoms with van der Waals surface area (Å²) in [6.45, 7) is 1.80. The van der Waals surface area contributed by atoms with Crippen LogP contribution in [0.4, 0.5) is 5.69 Å². The zero-order valence-corrected chi connectivity index (χ0v) is 13.9. The standard InChI is InChI=1S/C15H16BrNO3S/c1-2-11-4-3-5-13(8-11)17-21(19,20)15-9-12(10-18)6-7-14(15)16/h3-9,17-18H,2,10H2,1H3. The molecular formula is C15H16BrNO3S. The molecule has 0 aromatic heterocycles. The molecule has 0 fully saturated rings. The van der Waals surface area contributed by atoms with Crippen molar-refractivity contribution < 1.29 is 13.5 Å². The summed E-state index contributed by atoms with van der Waals surface area (Å²) in [6, 6.07) is 12.0. The van der Waals surface area contributed by atoms with Crippen LogP contribution in [-0.4, -0.2) is 13.5 Å². The lowest BCUT2D eigenvalue weighted by atomic mass is 10.1. The van der Waals surface area contributed by atoms with Crippen molar-refractivity contribution in [2.24, 2.45) is 0 Å². The van der Waals surface area contributed by atoms with Gasteiger partial charge in [-0.1, -0.05) is 25.1 Å². The second kappa shape index (κ2) is 6.60. The number of aliphatic hydroxyl groups is 1. The van der Waals surface area contributed by atoms with E-state index in [1.54, 1.807) is 24.3 Å². The molecule has 0 saturated carbocycles. The minimum absolute atomic E-state index is 0.107. The topological polar surface area (TPSA) is 66.4 Å². The lowest BCUT2D eigenvalue weighted by Crippen LogP contribution is -2.14. The Morgan fingerprint density at radius 1 is 1.14 bits per heavy atom. The highest BCUT2D eigenvalue weighted by Gasteiger charge is 2.18. The third kappa shape index (κ3) is 3.84. The number of hydrogen-bond acceptors (Lipinski definition) is 3. The van der Waals surface area contributed by atoms with Gasteiger partial charge in [-0.05, 0) is 57.7 Å². The van der Waals surface area contributed by atoms with Crippen molar-refractivity contribution >= 4 is 31.6 Å². The average molecular weight is 370 g/mol. The van der Waals surface area contributed by atoms with Crippen molar-refractivity contribution in [3.63, 3.8) is 0 Å². The van der Waals surface area contributed by atoms with Gasteiger partial charge in [0.2, 0.25) is 0 Å². The van der Waals surface area contributed by atoms with Crippen LogP contribution in [0.3, 0.4) is 0 Å². The van der Waals surface area contributed by atoms with Gasteiger partial charge in [-0.2, -0.15) is 0 Å². The van der Waals surface area contributed by atoms with E-state index >= 15 is 0 Å². The summed E-state index contributed by atoms with van der Waals surface area (Å²) in [6.07, 6.45) is 0.833. The molecule has 6 heteroatoms. The molecule has 112 valence electrons. The molecule has 4 nitrogen and oxygen atoms in total. The van der Waals surface area contributed by atoms with Crippen LogP contribution in [0.2, 0.25) is 0 Å². The van der Waals surface area contributed by atoms with Crippen molar-refractivity contribution in [3.05, 3.63) is 58.1 Å². The van der Waals surface area contributed by atoms with Gasteiger partial charge in [0, 0.05) is 10.2 Å². The third-order valence-corrected chi connectivity index (χ3v) is 5.43. The van der Waals surface area contributed by atoms with Crippen molar-refractivity contribution in [3.8, 4) is 0 Å². The predicted octanol–water partition coefficient (Wildman–Crippen LogP) is 3.30. The monoisotopic (exact) mass is 369 g/mol. The average Bonchev–Trinajstić information content (AvgIpc) is 2.47. The normalized spacial score (nSPS) is 11.4. The predicted molar refractivity (Wildman–Crippen MR) is 86.7 cm³/mol. The highest BCUT2D eigenvalue weighted by molar-refractivity contribution is 9.10. The number of aliphatic hydroxyl groups excluding tert-OH is 1. The Balaban J connectivity index is 2.38. The van der Waals surface area contributed by atoms with Gasteiger partial charge in [0.15, 0.2) is 0 Å². The summed E-state index contributed by atoms with van der Waals surface area (Å²) in [5, 5.41) is 9.15. The molecule has 0 aliphatic heterocycles. The summed E-state index contributed by atoms with van der Waals surface area (Å²) in [5.41, 5.74) is 2.12. The van der Waals surface area contributed by atoms with E-state index in [-0.39, 0.29) is 11.5 Å². The van der Waals surface area contributed by atoms with Crippen LogP contribution in [0, 0.1) is 0 Å². The fraction of sp³-hybridized carbons (Fsp3) is 0.200. The van der Waals surface area contributed by atoms with E-state index in [4.69, 9.17) is 5.11 Å². The lowest BCUT2D eigenvalue weighted by Gasteiger charge is -2.11. The highest BCUT2D eigenvalue weighted by Crippen LogP contribution is 2.25. The molecule has 0 aliphatic rings. The number of sulfonamides is 1. The molecule has 0 bridgehead atoms. The van der Waals surface area contributed by atoms with Crippen LogP contribution in [0.15, 0.2) is 51.8 Å². The largest absolute Gasteiger partial charge is 0.392 e. The summed E-state index contributed by atoms with van der Waals surface area (Å²) in [4.78, 5) is 0.107. The molecule has 2 aromatic carbocycles. The maximum absolute atomic E-state index is 12.5. The van der Waals surface area contributed by atoms with Crippen LogP contribution < -0.4 is 4.72 Å². The SMILES string of the molecule is CCc1cccc(NS(=O)(=O)c2cc(CO)ccc2Br)c1. The highest BCUT2D eigenvalue weighted by atomic mass is 79.9. The first-order chi connectivity index (χ1) is 9.96. The smallest absolute Gasteiger partial charge is 0.263 e. The Hall–Kier alpha value is -1.37. The van der Waals surface area contributed by atoms with Crippen LogP contribution in [-0.2, 0) is 23.1 Å². The molecule has 2 aromatic rings. The summed E-state index contributed by atoms with van der Waals surface area (Å²) in [5.74, 6) is 0. The third-order valence-electron chi connectivity index (χ3n) is 3.06. The van der Waals surface area contributed by atoms with Gasteiger partial charge in [0.05, 0.1) is 6.61 Å². The Morgan fingerprint density at radius 2 is 1.90 bits per heavy atom. The number of benzene rings is 2. The molecule has 21 heavy (non-hydrogen) atoms. The zero-order chi connectivity index (χ0) is 15.5. The Bertz CT molecular complexity index is 744. The molecule has 2 N–H and O–H groups in total. The maximum atomic E-state index is 12.5. The summed E-state index contributed by atoms with van der Waals surface area (Å²) >= 11 is 3.24. The summed E-state index contributed by atoms with van der Waals surface area (Å²) < 4.78 is 28.0. The van der Waals surface area contributed by atoms with Crippen molar-refractivity contribution in [2.45, 2.75) is 24.8 Å². The van der Waals surface area contributed by atoms with E-state index in [1.165, 1.54) is 6.07 Å². The number of rotatable bonds is 5. The minimum Gasteiger partial charge on any atom is -0.392 e. The van der Waals surface area contributed by atoms with Gasteiger partial charge in [-0.15, -0.1) is 0 Å². The number of hydrogen-bond donors (Lipinski definition) is 2. The van der Waals surface area contributed by atoms with Gasteiger partial charge in [0.25, 0.3) is 10.0 Å². The van der Waals surface area contributed by atoms with E-state index in [2.05, 4.69) is 20.7 Å². The first-order valence-electron chi connectivity index (χ1n) is 6.47. The van der Waals surface area contributed by atoms with Gasteiger partial charge < -0.3 is 5.11 Å². The van der Waals surface area contributed by atoms with Crippen LogP contribution >= 0.6 is 15.9 Å². The molecule has 0 radical (unpaired) electrons. The van der Waals surface area contributed by atoms with Crippen LogP contribution in [0.5, 0.6) is 0 Å². The molecule has 0 aliphatic carbocycles. The van der Waals surface area contributed by atoms with Crippen molar-refractivity contribution in [1.29, 1.82) is 0 Å². The number of halogens is 1. The van der Waals surface area contributed by atoms with Crippen molar-refractivity contribution in [1.82, 2.24) is 0 Å². The van der Waals surface area contributed by atoms with Crippen molar-refractivity contribution in [2.75, 3.05) is 4.72 Å². The zero-order valence-electron chi connectivity index (χ0n) is 11.5. The number of nitrogens with one attached hydrogen (secondary N) is 1. The van der Waals surface area contributed by atoms with E-state index in [9.17, 15) is 8.42 Å². The molecule has 2 rings (SSSR count). The quantitative estimate of drug-likeness (QED) is 0.849. The summed E-state index contributed by atoms with van der Waals surface area (Å²) in [7, 11) is -3.71. The molecule has 0 amide bonds. The Labute approximate surface area is 133 Å². The first kappa shape index (κ1) is 16.0. The van der Waals surface area contributed by atoms with Crippen LogP contribution in [0.25, 0.3) is 0 Å². The molecule has 0 spiro atoms. The van der Waals surface area contributed by atoms with Gasteiger partial charge in [0.1, 0.15) is 4.90 Å². The van der Waals surface area contributed by atoms with Gasteiger partial charge >= 0.3 is 0 Å². The lowest BCUT2D eigenvalue weighted by molar-refractivity contribution is 0.281.